The van der Waals surface area contributed by atoms with Crippen molar-refractivity contribution in [2.75, 3.05) is 12.4 Å². The topological polar surface area (TPSA) is 127 Å². The van der Waals surface area contributed by atoms with Gasteiger partial charge in [-0.25, -0.2) is 9.78 Å². The van der Waals surface area contributed by atoms with E-state index >= 15 is 0 Å². The number of carbonyl (C=O) groups is 1. The molecule has 1 heterocycles. The standard InChI is InChI=1S/C10H14N4O5/c1-5(2)6(10(15)16)13-8-7(14(17)18)9(19-3)12-4-11-8/h4-6H,1-3H3,(H,15,16)(H,11,12,13). The number of hydrogen-bond acceptors (Lipinski definition) is 7. The fourth-order valence-corrected chi connectivity index (χ4v) is 1.44. The summed E-state index contributed by atoms with van der Waals surface area (Å²) in [6.07, 6.45) is 1.06. The van der Waals surface area contributed by atoms with Crippen molar-refractivity contribution in [3.05, 3.63) is 16.4 Å². The van der Waals surface area contributed by atoms with Crippen LogP contribution in [-0.2, 0) is 4.79 Å². The Kier molecular flexibility index (Phi) is 4.56. The molecule has 0 fully saturated rings. The number of ether oxygens (including phenoxy) is 1. The summed E-state index contributed by atoms with van der Waals surface area (Å²) < 4.78 is 4.77. The Hall–Kier alpha value is -2.45. The second-order valence-corrected chi connectivity index (χ2v) is 4.04. The van der Waals surface area contributed by atoms with Gasteiger partial charge in [0.05, 0.1) is 12.0 Å². The van der Waals surface area contributed by atoms with Crippen LogP contribution in [0.3, 0.4) is 0 Å². The molecule has 1 unspecified atom stereocenters. The molecule has 0 saturated carbocycles. The normalized spacial score (nSPS) is 12.0. The van der Waals surface area contributed by atoms with E-state index in [1.54, 1.807) is 13.8 Å². The monoisotopic (exact) mass is 270 g/mol. The molecule has 0 aromatic carbocycles. The summed E-state index contributed by atoms with van der Waals surface area (Å²) in [6, 6.07) is -1.00. The van der Waals surface area contributed by atoms with Gasteiger partial charge in [0.1, 0.15) is 12.4 Å². The Balaban J connectivity index is 3.20. The molecule has 0 aliphatic rings. The Morgan fingerprint density at radius 2 is 2.16 bits per heavy atom. The van der Waals surface area contributed by atoms with Gasteiger partial charge in [-0.05, 0) is 5.92 Å². The highest BCUT2D eigenvalue weighted by Crippen LogP contribution is 2.31. The van der Waals surface area contributed by atoms with Gasteiger partial charge in [-0.15, -0.1) is 0 Å². The second kappa shape index (κ2) is 5.94. The maximum absolute atomic E-state index is 11.1. The molecule has 0 radical (unpaired) electrons. The van der Waals surface area contributed by atoms with E-state index < -0.39 is 22.6 Å². The number of aromatic nitrogens is 2. The van der Waals surface area contributed by atoms with Crippen molar-refractivity contribution in [3.63, 3.8) is 0 Å². The molecule has 0 saturated heterocycles. The first kappa shape index (κ1) is 14.6. The molecule has 1 aromatic heterocycles. The number of nitro groups is 1. The van der Waals surface area contributed by atoms with Gasteiger partial charge in [-0.1, -0.05) is 13.8 Å². The first-order chi connectivity index (χ1) is 8.88. The summed E-state index contributed by atoms with van der Waals surface area (Å²) in [5.74, 6) is -1.81. The molecule has 104 valence electrons. The van der Waals surface area contributed by atoms with Crippen molar-refractivity contribution in [1.82, 2.24) is 9.97 Å². The van der Waals surface area contributed by atoms with Gasteiger partial charge < -0.3 is 15.2 Å². The first-order valence-electron chi connectivity index (χ1n) is 5.41. The first-order valence-corrected chi connectivity index (χ1v) is 5.41. The van der Waals surface area contributed by atoms with Gasteiger partial charge in [0.25, 0.3) is 5.88 Å². The lowest BCUT2D eigenvalue weighted by atomic mass is 10.0. The van der Waals surface area contributed by atoms with Crippen LogP contribution >= 0.6 is 0 Å². The minimum Gasteiger partial charge on any atom is -0.480 e. The van der Waals surface area contributed by atoms with Crippen molar-refractivity contribution in [2.45, 2.75) is 19.9 Å². The smallest absolute Gasteiger partial charge is 0.372 e. The van der Waals surface area contributed by atoms with Crippen LogP contribution in [0.5, 0.6) is 5.88 Å². The highest BCUT2D eigenvalue weighted by molar-refractivity contribution is 5.78. The number of hydrogen-bond donors (Lipinski definition) is 2. The fourth-order valence-electron chi connectivity index (χ4n) is 1.44. The highest BCUT2D eigenvalue weighted by atomic mass is 16.6. The second-order valence-electron chi connectivity index (χ2n) is 4.04. The summed E-state index contributed by atoms with van der Waals surface area (Å²) in [5.41, 5.74) is -0.489. The maximum Gasteiger partial charge on any atom is 0.372 e. The van der Waals surface area contributed by atoms with Crippen LogP contribution in [-0.4, -0.2) is 39.1 Å². The van der Waals surface area contributed by atoms with Crippen molar-refractivity contribution < 1.29 is 19.6 Å². The number of methoxy groups -OCH3 is 1. The number of aliphatic carboxylic acids is 1. The van der Waals surface area contributed by atoms with Crippen LogP contribution in [0.1, 0.15) is 13.8 Å². The van der Waals surface area contributed by atoms with E-state index in [0.29, 0.717) is 0 Å². The number of carboxylic acid groups (broad SMARTS) is 1. The van der Waals surface area contributed by atoms with Gasteiger partial charge >= 0.3 is 11.7 Å². The zero-order valence-electron chi connectivity index (χ0n) is 10.7. The zero-order valence-corrected chi connectivity index (χ0v) is 10.7. The summed E-state index contributed by atoms with van der Waals surface area (Å²) in [5, 5.41) is 22.6. The quantitative estimate of drug-likeness (QED) is 0.576. The van der Waals surface area contributed by atoms with Gasteiger partial charge in [0, 0.05) is 0 Å². The molecule has 0 spiro atoms. The average molecular weight is 270 g/mol. The van der Waals surface area contributed by atoms with E-state index in [1.807, 2.05) is 0 Å². The summed E-state index contributed by atoms with van der Waals surface area (Å²) >= 11 is 0. The van der Waals surface area contributed by atoms with E-state index in [-0.39, 0.29) is 17.6 Å². The largest absolute Gasteiger partial charge is 0.480 e. The van der Waals surface area contributed by atoms with E-state index in [2.05, 4.69) is 15.3 Å². The third-order valence-electron chi connectivity index (χ3n) is 2.39. The lowest BCUT2D eigenvalue weighted by Crippen LogP contribution is -2.34. The van der Waals surface area contributed by atoms with E-state index in [4.69, 9.17) is 9.84 Å². The van der Waals surface area contributed by atoms with Crippen LogP contribution in [0, 0.1) is 16.0 Å². The molecule has 19 heavy (non-hydrogen) atoms. The fraction of sp³-hybridized carbons (Fsp3) is 0.500. The SMILES string of the molecule is COc1ncnc(NC(C(=O)O)C(C)C)c1[N+](=O)[O-]. The Morgan fingerprint density at radius 1 is 1.53 bits per heavy atom. The molecule has 0 bridgehead atoms. The molecule has 1 atom stereocenters. The van der Waals surface area contributed by atoms with Crippen LogP contribution < -0.4 is 10.1 Å². The van der Waals surface area contributed by atoms with Crippen LogP contribution in [0.15, 0.2) is 6.33 Å². The molecule has 9 nitrogen and oxygen atoms in total. The molecular formula is C10H14N4O5. The number of rotatable bonds is 6. The number of anilines is 1. The molecule has 2 N–H and O–H groups in total. The number of nitrogens with one attached hydrogen (secondary N) is 1. The van der Waals surface area contributed by atoms with E-state index in [1.165, 1.54) is 7.11 Å². The number of carboxylic acids is 1. The van der Waals surface area contributed by atoms with Gasteiger partial charge in [-0.3, -0.25) is 10.1 Å². The Bertz CT molecular complexity index is 491. The number of nitrogens with zero attached hydrogens (tertiary/aromatic N) is 3. The molecule has 0 aliphatic carbocycles. The lowest BCUT2D eigenvalue weighted by Gasteiger charge is -2.18. The zero-order chi connectivity index (χ0) is 14.6. The predicted molar refractivity (Wildman–Crippen MR) is 65.1 cm³/mol. The third kappa shape index (κ3) is 3.27. The summed E-state index contributed by atoms with van der Waals surface area (Å²) in [7, 11) is 1.23. The van der Waals surface area contributed by atoms with Gasteiger partial charge in [-0.2, -0.15) is 4.98 Å². The summed E-state index contributed by atoms with van der Waals surface area (Å²) in [4.78, 5) is 28.7. The van der Waals surface area contributed by atoms with E-state index in [0.717, 1.165) is 6.33 Å². The molecule has 9 heteroatoms. The molecule has 0 amide bonds. The molecular weight excluding hydrogens is 256 g/mol. The van der Waals surface area contributed by atoms with Crippen molar-refractivity contribution in [1.29, 1.82) is 0 Å². The molecule has 1 aromatic rings. The predicted octanol–water partition coefficient (Wildman–Crippen LogP) is 0.914. The van der Waals surface area contributed by atoms with Crippen LogP contribution in [0.2, 0.25) is 0 Å². The van der Waals surface area contributed by atoms with Gasteiger partial charge in [0.15, 0.2) is 0 Å². The molecule has 1 rings (SSSR count). The Labute approximate surface area is 108 Å². The third-order valence-corrected chi connectivity index (χ3v) is 2.39. The molecule has 0 aliphatic heterocycles. The van der Waals surface area contributed by atoms with Crippen LogP contribution in [0.25, 0.3) is 0 Å². The van der Waals surface area contributed by atoms with Gasteiger partial charge in [0.2, 0.25) is 5.82 Å². The van der Waals surface area contributed by atoms with Crippen molar-refractivity contribution in [3.8, 4) is 5.88 Å². The van der Waals surface area contributed by atoms with Crippen LogP contribution in [0.4, 0.5) is 11.5 Å². The lowest BCUT2D eigenvalue weighted by molar-refractivity contribution is -0.385. The summed E-state index contributed by atoms with van der Waals surface area (Å²) in [6.45, 7) is 3.35. The van der Waals surface area contributed by atoms with Crippen molar-refractivity contribution >= 4 is 17.5 Å². The Morgan fingerprint density at radius 3 is 2.58 bits per heavy atom. The minimum atomic E-state index is -1.12. The van der Waals surface area contributed by atoms with Crippen molar-refractivity contribution in [2.24, 2.45) is 5.92 Å². The minimum absolute atomic E-state index is 0.182. The highest BCUT2D eigenvalue weighted by Gasteiger charge is 2.29. The average Bonchev–Trinajstić information content (AvgIpc) is 2.34. The van der Waals surface area contributed by atoms with E-state index in [9.17, 15) is 14.9 Å². The maximum atomic E-state index is 11.1.